The maximum atomic E-state index is 5.58. The molecule has 1 saturated heterocycles. The van der Waals surface area contributed by atoms with Gasteiger partial charge in [-0.1, -0.05) is 123 Å². The molecule has 3 aromatic rings. The van der Waals surface area contributed by atoms with Crippen molar-refractivity contribution in [1.29, 1.82) is 0 Å². The molecule has 0 radical (unpaired) electrons. The first-order valence-electron chi connectivity index (χ1n) is 26.5. The summed E-state index contributed by atoms with van der Waals surface area (Å²) in [4.78, 5) is 12.5. The van der Waals surface area contributed by atoms with Crippen molar-refractivity contribution < 1.29 is 43.4 Å². The van der Waals surface area contributed by atoms with Crippen LogP contribution in [0.5, 0.6) is 0 Å². The van der Waals surface area contributed by atoms with E-state index in [1.165, 1.54) is 78.2 Å². The normalized spacial score (nSPS) is 24.1. The summed E-state index contributed by atoms with van der Waals surface area (Å²) < 4.78 is 2.41. The van der Waals surface area contributed by atoms with E-state index >= 15 is 0 Å². The summed E-state index contributed by atoms with van der Waals surface area (Å²) >= 11 is 0. The van der Waals surface area contributed by atoms with Crippen molar-refractivity contribution in [2.45, 2.75) is 161 Å². The van der Waals surface area contributed by atoms with Crippen LogP contribution in [0.3, 0.4) is 0 Å². The molecule has 0 bridgehead atoms. The Hall–Kier alpha value is -0.518. The Morgan fingerprint density at radius 1 is 0.644 bits per heavy atom. The number of benzene rings is 2. The standard InChI is InChI=1S/C23H43N2Si.C23H30N2Si.6C2H6N.CH3.2Ti/c2*1-15-12-13-19-18(14-15)20-21(25(19)5)16-10-8-9-11-17(16)22(20)26(6,7)24-23(2,3)4;6*1-3-2;;;/h15-22H,8-14H2,1-7H3;8-14,22,24H,1-7H3;6*1-2H3;1H3;;/q-1;;7*-1;2*+4. The number of aryl methyl sites for hydroxylation is 2. The van der Waals surface area contributed by atoms with E-state index in [1.54, 1.807) is 90.1 Å². The second-order valence-electron chi connectivity index (χ2n) is 24.1. The molecule has 14 heteroatoms. The fourth-order valence-electron chi connectivity index (χ4n) is 13.5. The number of hydrogen-bond donors (Lipinski definition) is 1. The Bertz CT molecular complexity index is 1900. The maximum absolute atomic E-state index is 5.58. The van der Waals surface area contributed by atoms with Gasteiger partial charge in [0.25, 0.3) is 0 Å². The minimum Gasteiger partial charge on any atom is -0.668 e. The number of hydrogen-bond acceptors (Lipinski definition) is 2. The number of nitrogens with zero attached hydrogens (tertiary/aromatic N) is 9. The Morgan fingerprint density at radius 2 is 1.12 bits per heavy atom. The predicted octanol–water partition coefficient (Wildman–Crippen LogP) is 16.2. The van der Waals surface area contributed by atoms with E-state index in [9.17, 15) is 0 Å². The smallest absolute Gasteiger partial charge is 0.668 e. The van der Waals surface area contributed by atoms with Crippen molar-refractivity contribution in [2.24, 2.45) is 36.6 Å². The van der Waals surface area contributed by atoms with Crippen molar-refractivity contribution in [3.63, 3.8) is 0 Å². The third kappa shape index (κ3) is 21.2. The largest absolute Gasteiger partial charge is 4.00 e. The van der Waals surface area contributed by atoms with Crippen LogP contribution in [-0.4, -0.2) is 141 Å². The van der Waals surface area contributed by atoms with Crippen molar-refractivity contribution in [2.75, 3.05) is 91.6 Å². The van der Waals surface area contributed by atoms with Crippen molar-refractivity contribution in [3.05, 3.63) is 103 Å². The number of rotatable bonds is 4. The summed E-state index contributed by atoms with van der Waals surface area (Å²) in [5, 5.41) is 22.4. The maximum Gasteiger partial charge on any atom is 4.00 e. The van der Waals surface area contributed by atoms with Gasteiger partial charge in [0.15, 0.2) is 0 Å². The molecule has 414 valence electrons. The second-order valence-corrected chi connectivity index (χ2v) is 32.6. The molecule has 2 aromatic carbocycles. The fraction of sp³-hybridized carbons (Fsp3) is 0.746. The molecule has 4 fully saturated rings. The first-order chi connectivity index (χ1) is 32.7. The third-order valence-corrected chi connectivity index (χ3v) is 21.4. The van der Waals surface area contributed by atoms with Gasteiger partial charge in [-0.15, -0.1) is 5.54 Å². The summed E-state index contributed by atoms with van der Waals surface area (Å²) in [6.45, 7) is 28.8. The van der Waals surface area contributed by atoms with E-state index < -0.39 is 16.5 Å². The zero-order valence-electron chi connectivity index (χ0n) is 52.2. The number of nitrogens with one attached hydrogen (secondary N) is 1. The molecule has 3 saturated carbocycles. The van der Waals surface area contributed by atoms with Crippen LogP contribution in [0.25, 0.3) is 59.0 Å². The summed E-state index contributed by atoms with van der Waals surface area (Å²) in [5.74, 6) is 4.81. The molecule has 1 aliphatic heterocycles. The van der Waals surface area contributed by atoms with E-state index in [-0.39, 0.29) is 61.9 Å². The molecule has 1 N–H and O–H groups in total. The van der Waals surface area contributed by atoms with E-state index in [1.807, 2.05) is 0 Å². The molecule has 9 atom stereocenters. The van der Waals surface area contributed by atoms with Crippen LogP contribution >= 0.6 is 0 Å². The van der Waals surface area contributed by atoms with Gasteiger partial charge in [-0.2, -0.15) is 84.6 Å². The molecule has 2 heterocycles. The van der Waals surface area contributed by atoms with Gasteiger partial charge in [0, 0.05) is 46.7 Å². The number of fused-ring (bicyclic) bond motifs is 10. The average molecular weight is 1110 g/mol. The van der Waals surface area contributed by atoms with Gasteiger partial charge < -0.3 is 53.9 Å². The molecular weight excluding hydrogens is 1000 g/mol. The van der Waals surface area contributed by atoms with Gasteiger partial charge in [-0.25, -0.2) is 0 Å². The topological polar surface area (TPSA) is 119 Å². The molecule has 5 aliphatic rings. The molecule has 1 aromatic heterocycles. The minimum atomic E-state index is -1.79. The summed E-state index contributed by atoms with van der Waals surface area (Å²) in [5.41, 5.74) is 10.2. The molecule has 8 rings (SSSR count). The quantitative estimate of drug-likeness (QED) is 0.207. The summed E-state index contributed by atoms with van der Waals surface area (Å²) in [7, 11) is 22.3. The predicted molar refractivity (Wildman–Crippen MR) is 328 cm³/mol. The Balaban J connectivity index is -0.000000984. The van der Waals surface area contributed by atoms with Crippen LogP contribution in [0.1, 0.15) is 116 Å². The van der Waals surface area contributed by atoms with Crippen LogP contribution in [0.2, 0.25) is 31.7 Å². The Labute approximate surface area is 485 Å². The van der Waals surface area contributed by atoms with Gasteiger partial charge in [0.2, 0.25) is 0 Å². The van der Waals surface area contributed by atoms with Gasteiger partial charge in [0.1, 0.15) is 8.24 Å². The molecule has 0 spiro atoms. The Morgan fingerprint density at radius 3 is 1.60 bits per heavy atom. The van der Waals surface area contributed by atoms with E-state index in [0.717, 1.165) is 47.2 Å². The molecule has 10 nitrogen and oxygen atoms in total. The molecule has 4 aliphatic carbocycles. The third-order valence-electron chi connectivity index (χ3n) is 14.3. The Kier molecular flexibility index (Phi) is 37.7. The molecule has 0 amide bonds. The molecular formula is C59H112N10Si2Ti2. The SMILES string of the molecule is CC1CCC2C(C1)C1C(C3CCCCC3C1[Si](C)(C)[N-]C(C)(C)C)N2C.C[N-]C.C[N-]C.C[N-]C.C[N-]C.C[N-]C.C[N-]C.Cc1ccc2c(c1)c1c(n2C)-c2ccccc2C1[Si](C)(C)NC(C)(C)C.[CH3-].[Ti+4].[Ti+4]. The van der Waals surface area contributed by atoms with Crippen LogP contribution in [0.15, 0.2) is 42.5 Å². The van der Waals surface area contributed by atoms with Crippen molar-refractivity contribution in [1.82, 2.24) is 14.4 Å². The van der Waals surface area contributed by atoms with Gasteiger partial charge in [-0.05, 0) is 113 Å². The van der Waals surface area contributed by atoms with Crippen LogP contribution < -0.4 is 4.98 Å². The van der Waals surface area contributed by atoms with Crippen LogP contribution in [-0.2, 0) is 50.5 Å². The van der Waals surface area contributed by atoms with E-state index in [2.05, 4.69) is 184 Å². The van der Waals surface area contributed by atoms with Crippen molar-refractivity contribution >= 4 is 27.4 Å². The van der Waals surface area contributed by atoms with Gasteiger partial charge in [0.05, 0.1) is 5.69 Å². The monoisotopic (exact) mass is 1110 g/mol. The molecule has 9 unspecified atom stereocenters. The van der Waals surface area contributed by atoms with Crippen LogP contribution in [0, 0.1) is 43.9 Å². The minimum absolute atomic E-state index is 0. The summed E-state index contributed by atoms with van der Waals surface area (Å²) in [6, 6.07) is 17.7. The average Bonchev–Trinajstić information content (AvgIpc) is 3.94. The first kappa shape index (κ1) is 76.7. The zero-order valence-corrected chi connectivity index (χ0v) is 57.3. The first-order valence-corrected chi connectivity index (χ1v) is 32.6. The number of aromatic nitrogens is 1. The van der Waals surface area contributed by atoms with E-state index in [0.29, 0.717) is 5.54 Å². The molecule has 73 heavy (non-hydrogen) atoms. The second kappa shape index (κ2) is 35.9. The fourth-order valence-corrected chi connectivity index (χ4v) is 22.4. The van der Waals surface area contributed by atoms with E-state index in [4.69, 9.17) is 4.98 Å². The van der Waals surface area contributed by atoms with Gasteiger partial charge in [-0.3, -0.25) is 4.90 Å². The number of likely N-dealkylation sites (tertiary alicyclic amines) is 1. The van der Waals surface area contributed by atoms with Gasteiger partial charge >= 0.3 is 43.4 Å². The zero-order chi connectivity index (χ0) is 53.9. The van der Waals surface area contributed by atoms with Crippen LogP contribution in [0.4, 0.5) is 0 Å². The van der Waals surface area contributed by atoms with Crippen molar-refractivity contribution in [3.8, 4) is 11.3 Å². The summed E-state index contributed by atoms with van der Waals surface area (Å²) in [6.07, 6.45) is 10.4.